The minimum atomic E-state index is 0.180. The van der Waals surface area contributed by atoms with Crippen LogP contribution in [0.15, 0.2) is 54.6 Å². The maximum atomic E-state index is 5.63. The van der Waals surface area contributed by atoms with Gasteiger partial charge in [-0.25, -0.2) is 9.67 Å². The van der Waals surface area contributed by atoms with E-state index in [1.54, 1.807) is 11.3 Å². The highest BCUT2D eigenvalue weighted by Crippen LogP contribution is 2.29. The van der Waals surface area contributed by atoms with Crippen molar-refractivity contribution in [1.82, 2.24) is 24.2 Å². The van der Waals surface area contributed by atoms with Crippen LogP contribution in [0.4, 0.5) is 0 Å². The fraction of sp³-hybridized carbons (Fsp3) is 0.286. The second kappa shape index (κ2) is 7.95. The summed E-state index contributed by atoms with van der Waals surface area (Å²) in [6, 6.07) is 18.8. The second-order valence-corrected chi connectivity index (χ2v) is 8.44. The van der Waals surface area contributed by atoms with Gasteiger partial charge in [-0.05, 0) is 43.9 Å². The summed E-state index contributed by atoms with van der Waals surface area (Å²) in [5.41, 5.74) is 2.29. The first-order valence-electron chi connectivity index (χ1n) is 9.25. The molecule has 2 aromatic carbocycles. The van der Waals surface area contributed by atoms with Gasteiger partial charge in [0.15, 0.2) is 4.77 Å². The number of rotatable bonds is 6. The van der Waals surface area contributed by atoms with Crippen molar-refractivity contribution in [3.8, 4) is 0 Å². The van der Waals surface area contributed by atoms with Gasteiger partial charge in [-0.1, -0.05) is 42.5 Å². The number of para-hydroxylation sites is 1. The van der Waals surface area contributed by atoms with E-state index in [1.807, 2.05) is 40.6 Å². The Kier molecular flexibility index (Phi) is 5.39. The quantitative estimate of drug-likeness (QED) is 0.429. The van der Waals surface area contributed by atoms with Crippen molar-refractivity contribution >= 4 is 33.8 Å². The molecule has 0 aliphatic heterocycles. The lowest BCUT2D eigenvalue weighted by atomic mass is 10.1. The SMILES string of the molecule is C[C@@H](c1nc2ccccc2s1)N(C)Cn1nc(Cc2ccccc2)n(C)c1=S. The maximum absolute atomic E-state index is 5.63. The molecular weight excluding hydrogens is 386 g/mol. The molecule has 144 valence electrons. The molecule has 28 heavy (non-hydrogen) atoms. The zero-order chi connectivity index (χ0) is 19.7. The average Bonchev–Trinajstić information content (AvgIpc) is 3.25. The van der Waals surface area contributed by atoms with E-state index in [2.05, 4.69) is 49.2 Å². The second-order valence-electron chi connectivity index (χ2n) is 7.01. The zero-order valence-electron chi connectivity index (χ0n) is 16.2. The van der Waals surface area contributed by atoms with Crippen molar-refractivity contribution in [3.63, 3.8) is 0 Å². The van der Waals surface area contributed by atoms with Crippen molar-refractivity contribution in [3.05, 3.63) is 75.8 Å². The van der Waals surface area contributed by atoms with Crippen molar-refractivity contribution in [1.29, 1.82) is 0 Å². The summed E-state index contributed by atoms with van der Waals surface area (Å²) in [7, 11) is 4.07. The van der Waals surface area contributed by atoms with Crippen LogP contribution in [-0.4, -0.2) is 31.3 Å². The molecule has 0 saturated carbocycles. The molecule has 4 aromatic rings. The van der Waals surface area contributed by atoms with Gasteiger partial charge >= 0.3 is 0 Å². The lowest BCUT2D eigenvalue weighted by Gasteiger charge is -2.22. The molecule has 1 atom stereocenters. The topological polar surface area (TPSA) is 38.9 Å². The van der Waals surface area contributed by atoms with E-state index in [1.165, 1.54) is 10.3 Å². The molecule has 0 radical (unpaired) electrons. The Balaban J connectivity index is 1.53. The molecule has 0 saturated heterocycles. The third-order valence-corrected chi connectivity index (χ3v) is 6.71. The van der Waals surface area contributed by atoms with E-state index in [-0.39, 0.29) is 6.04 Å². The van der Waals surface area contributed by atoms with Gasteiger partial charge < -0.3 is 4.57 Å². The summed E-state index contributed by atoms with van der Waals surface area (Å²) < 4.78 is 5.85. The van der Waals surface area contributed by atoms with Crippen molar-refractivity contribution in [2.45, 2.75) is 26.1 Å². The Morgan fingerprint density at radius 2 is 1.82 bits per heavy atom. The van der Waals surface area contributed by atoms with Crippen LogP contribution in [0.2, 0.25) is 0 Å². The standard InChI is InChI=1S/C21H23N5S2/c1-15(20-22-17-11-7-8-12-18(17)28-20)24(2)14-26-21(27)25(3)19(23-26)13-16-9-5-4-6-10-16/h4-12,15H,13-14H2,1-3H3/t15-/m0/s1. The molecule has 2 heterocycles. The number of hydrogen-bond acceptors (Lipinski definition) is 5. The van der Waals surface area contributed by atoms with Gasteiger partial charge in [-0.2, -0.15) is 5.10 Å². The number of hydrogen-bond donors (Lipinski definition) is 0. The lowest BCUT2D eigenvalue weighted by molar-refractivity contribution is 0.194. The van der Waals surface area contributed by atoms with Crippen LogP contribution in [0, 0.1) is 4.77 Å². The summed E-state index contributed by atoms with van der Waals surface area (Å²) in [4.78, 5) is 7.02. The number of nitrogens with zero attached hydrogens (tertiary/aromatic N) is 5. The van der Waals surface area contributed by atoms with Crippen molar-refractivity contribution in [2.75, 3.05) is 7.05 Å². The monoisotopic (exact) mass is 409 g/mol. The van der Waals surface area contributed by atoms with E-state index < -0.39 is 0 Å². The van der Waals surface area contributed by atoms with Crippen molar-refractivity contribution < 1.29 is 0 Å². The summed E-state index contributed by atoms with van der Waals surface area (Å²) in [5.74, 6) is 0.970. The maximum Gasteiger partial charge on any atom is 0.198 e. The Bertz CT molecular complexity index is 1110. The van der Waals surface area contributed by atoms with Gasteiger partial charge in [0.25, 0.3) is 0 Å². The Morgan fingerprint density at radius 3 is 2.57 bits per heavy atom. The highest BCUT2D eigenvalue weighted by Gasteiger charge is 2.18. The minimum absolute atomic E-state index is 0.180. The van der Waals surface area contributed by atoms with E-state index in [0.717, 1.165) is 27.5 Å². The summed E-state index contributed by atoms with van der Waals surface area (Å²) in [5, 5.41) is 5.89. The first-order chi connectivity index (χ1) is 13.5. The van der Waals surface area contributed by atoms with E-state index in [0.29, 0.717) is 6.67 Å². The summed E-state index contributed by atoms with van der Waals surface area (Å²) >= 11 is 7.37. The van der Waals surface area contributed by atoms with Crippen LogP contribution in [0.5, 0.6) is 0 Å². The van der Waals surface area contributed by atoms with E-state index in [4.69, 9.17) is 22.3 Å². The van der Waals surface area contributed by atoms with Crippen LogP contribution in [0.1, 0.15) is 29.4 Å². The van der Waals surface area contributed by atoms with Gasteiger partial charge in [-0.3, -0.25) is 4.90 Å². The molecule has 5 nitrogen and oxygen atoms in total. The van der Waals surface area contributed by atoms with E-state index >= 15 is 0 Å². The highest BCUT2D eigenvalue weighted by atomic mass is 32.1. The van der Waals surface area contributed by atoms with Crippen LogP contribution in [-0.2, 0) is 20.1 Å². The number of aromatic nitrogens is 4. The molecule has 2 aromatic heterocycles. The molecule has 0 spiro atoms. The van der Waals surface area contributed by atoms with Crippen LogP contribution >= 0.6 is 23.6 Å². The van der Waals surface area contributed by atoms with Gasteiger partial charge in [0.2, 0.25) is 0 Å². The number of benzene rings is 2. The third kappa shape index (κ3) is 3.78. The Hall–Kier alpha value is -2.35. The molecule has 0 amide bonds. The van der Waals surface area contributed by atoms with Crippen LogP contribution in [0.25, 0.3) is 10.2 Å². The summed E-state index contributed by atoms with van der Waals surface area (Å²) in [6.07, 6.45) is 0.769. The smallest absolute Gasteiger partial charge is 0.198 e. The van der Waals surface area contributed by atoms with Crippen LogP contribution in [0.3, 0.4) is 0 Å². The molecule has 0 unspecified atom stereocenters. The molecule has 4 rings (SSSR count). The zero-order valence-corrected chi connectivity index (χ0v) is 17.9. The van der Waals surface area contributed by atoms with Gasteiger partial charge in [0.05, 0.1) is 22.9 Å². The predicted molar refractivity (Wildman–Crippen MR) is 117 cm³/mol. The molecule has 0 aliphatic carbocycles. The molecule has 0 N–H and O–H groups in total. The Morgan fingerprint density at radius 1 is 1.11 bits per heavy atom. The highest BCUT2D eigenvalue weighted by molar-refractivity contribution is 7.71. The average molecular weight is 410 g/mol. The Labute approximate surface area is 173 Å². The fourth-order valence-corrected chi connectivity index (χ4v) is 4.44. The first kappa shape index (κ1) is 19.0. The van der Waals surface area contributed by atoms with E-state index in [9.17, 15) is 0 Å². The molecule has 0 aliphatic rings. The first-order valence-corrected chi connectivity index (χ1v) is 10.5. The van der Waals surface area contributed by atoms with Gasteiger partial charge in [-0.15, -0.1) is 11.3 Å². The lowest BCUT2D eigenvalue weighted by Crippen LogP contribution is -2.26. The molecule has 0 fully saturated rings. The third-order valence-electron chi connectivity index (χ3n) is 5.02. The fourth-order valence-electron chi connectivity index (χ4n) is 3.15. The van der Waals surface area contributed by atoms with Crippen molar-refractivity contribution in [2.24, 2.45) is 7.05 Å². The molecular formula is C21H23N5S2. The predicted octanol–water partition coefficient (Wildman–Crippen LogP) is 4.80. The molecule has 0 bridgehead atoms. The largest absolute Gasteiger partial charge is 0.307 e. The number of fused-ring (bicyclic) bond motifs is 1. The van der Waals surface area contributed by atoms with Crippen LogP contribution < -0.4 is 0 Å². The normalized spacial score (nSPS) is 12.7. The summed E-state index contributed by atoms with van der Waals surface area (Å²) in [6.45, 7) is 2.80. The number of thiazole rings is 1. The van der Waals surface area contributed by atoms with Gasteiger partial charge in [0.1, 0.15) is 10.8 Å². The minimum Gasteiger partial charge on any atom is -0.307 e. The molecule has 7 heteroatoms. The van der Waals surface area contributed by atoms with Gasteiger partial charge in [0, 0.05) is 13.5 Å².